The summed E-state index contributed by atoms with van der Waals surface area (Å²) in [5.41, 5.74) is 0.890. The number of nitrogens with zero attached hydrogens (tertiary/aromatic N) is 1. The zero-order valence-corrected chi connectivity index (χ0v) is 11.2. The number of nitrogens with one attached hydrogen (secondary N) is 1. The van der Waals surface area contributed by atoms with Gasteiger partial charge in [-0.25, -0.2) is 9.79 Å². The normalized spacial score (nSPS) is 13.6. The molecule has 0 atom stereocenters. The Kier molecular flexibility index (Phi) is 3.13. The lowest BCUT2D eigenvalue weighted by Gasteiger charge is -2.17. The molecule has 0 saturated carbocycles. The number of benzene rings is 2. The molecule has 0 radical (unpaired) electrons. The van der Waals surface area contributed by atoms with Crippen LogP contribution < -0.4 is 5.32 Å². The smallest absolute Gasteiger partial charge is 0.412 e. The third-order valence-electron chi connectivity index (χ3n) is 2.90. The molecule has 0 bridgehead atoms. The molecule has 0 unspecified atom stereocenters. The minimum Gasteiger partial charge on any atom is -0.453 e. The van der Waals surface area contributed by atoms with Gasteiger partial charge in [-0.2, -0.15) is 0 Å². The van der Waals surface area contributed by atoms with Crippen LogP contribution in [0.4, 0.5) is 10.5 Å². The summed E-state index contributed by atoms with van der Waals surface area (Å²) in [5.74, 6) is 1.26. The first-order valence-corrected chi connectivity index (χ1v) is 6.83. The summed E-state index contributed by atoms with van der Waals surface area (Å²) in [4.78, 5) is 16.8. The number of rotatable bonds is 0. The van der Waals surface area contributed by atoms with Gasteiger partial charge in [0.1, 0.15) is 5.84 Å². The average Bonchev–Trinajstić information content (AvgIpc) is 2.46. The fraction of sp³-hybridized carbons (Fsp3) is 0.143. The average molecular weight is 272 g/mol. The Morgan fingerprint density at radius 1 is 1.32 bits per heavy atom. The molecule has 5 heteroatoms. The van der Waals surface area contributed by atoms with Crippen LogP contribution in [-0.2, 0) is 4.74 Å². The molecule has 2 aromatic carbocycles. The van der Waals surface area contributed by atoms with Gasteiger partial charge >= 0.3 is 6.09 Å². The molecule has 1 heterocycles. The lowest BCUT2D eigenvalue weighted by Crippen LogP contribution is -2.32. The molecule has 3 rings (SSSR count). The molecule has 0 aliphatic carbocycles. The van der Waals surface area contributed by atoms with Crippen LogP contribution in [0.15, 0.2) is 46.3 Å². The number of ether oxygens (including phenoxy) is 1. The van der Waals surface area contributed by atoms with E-state index in [4.69, 9.17) is 0 Å². The molecule has 2 aromatic rings. The standard InChI is InChI=1S/C14H12N2O2S/c1-18-14(17)16-12-8-19-13-10-5-3-2-4-9(10)6-7-11(13)15-12/h2-7H,8H2,1H3,(H,15,16,17). The van der Waals surface area contributed by atoms with E-state index in [2.05, 4.69) is 27.2 Å². The maximum Gasteiger partial charge on any atom is 0.412 e. The van der Waals surface area contributed by atoms with Gasteiger partial charge in [0.25, 0.3) is 0 Å². The summed E-state index contributed by atoms with van der Waals surface area (Å²) in [5, 5.41) is 5.03. The first-order valence-electron chi connectivity index (χ1n) is 5.85. The zero-order chi connectivity index (χ0) is 13.2. The first-order chi connectivity index (χ1) is 9.28. The molecular formula is C14H12N2O2S. The second-order valence-electron chi connectivity index (χ2n) is 4.10. The predicted molar refractivity (Wildman–Crippen MR) is 77.3 cm³/mol. The highest BCUT2D eigenvalue weighted by atomic mass is 32.2. The van der Waals surface area contributed by atoms with Crippen molar-refractivity contribution in [2.45, 2.75) is 4.90 Å². The number of hydrogen-bond acceptors (Lipinski definition) is 4. The van der Waals surface area contributed by atoms with E-state index in [0.29, 0.717) is 11.6 Å². The second-order valence-corrected chi connectivity index (χ2v) is 5.08. The van der Waals surface area contributed by atoms with Crippen molar-refractivity contribution >= 4 is 40.2 Å². The van der Waals surface area contributed by atoms with Gasteiger partial charge in [0.15, 0.2) is 0 Å². The van der Waals surface area contributed by atoms with Crippen molar-refractivity contribution < 1.29 is 9.53 Å². The molecule has 1 amide bonds. The Hall–Kier alpha value is -2.01. The Balaban J connectivity index is 2.02. The van der Waals surface area contributed by atoms with E-state index in [1.54, 1.807) is 11.8 Å². The van der Waals surface area contributed by atoms with Crippen LogP contribution in [0.2, 0.25) is 0 Å². The number of amidine groups is 1. The van der Waals surface area contributed by atoms with E-state index in [1.807, 2.05) is 24.3 Å². The summed E-state index contributed by atoms with van der Waals surface area (Å²) in [6.07, 6.45) is -0.483. The summed E-state index contributed by atoms with van der Waals surface area (Å²) >= 11 is 1.68. The van der Waals surface area contributed by atoms with Crippen LogP contribution >= 0.6 is 11.8 Å². The maximum absolute atomic E-state index is 11.2. The minimum absolute atomic E-state index is 0.483. The van der Waals surface area contributed by atoms with Gasteiger partial charge in [-0.1, -0.05) is 30.3 Å². The van der Waals surface area contributed by atoms with Gasteiger partial charge in [0, 0.05) is 4.90 Å². The number of methoxy groups -OCH3 is 1. The number of carbonyl (C=O) groups excluding carboxylic acids is 1. The molecule has 1 N–H and O–H groups in total. The number of carbonyl (C=O) groups is 1. The van der Waals surface area contributed by atoms with Gasteiger partial charge < -0.3 is 4.74 Å². The molecular weight excluding hydrogens is 260 g/mol. The van der Waals surface area contributed by atoms with Gasteiger partial charge in [-0.15, -0.1) is 11.8 Å². The quantitative estimate of drug-likeness (QED) is 0.800. The third-order valence-corrected chi connectivity index (χ3v) is 4.03. The van der Waals surface area contributed by atoms with Crippen molar-refractivity contribution in [1.29, 1.82) is 0 Å². The van der Waals surface area contributed by atoms with Crippen LogP contribution in [-0.4, -0.2) is 24.8 Å². The van der Waals surface area contributed by atoms with E-state index in [1.165, 1.54) is 17.9 Å². The highest BCUT2D eigenvalue weighted by molar-refractivity contribution is 8.00. The number of fused-ring (bicyclic) bond motifs is 3. The highest BCUT2D eigenvalue weighted by Crippen LogP contribution is 2.39. The maximum atomic E-state index is 11.2. The van der Waals surface area contributed by atoms with Crippen LogP contribution in [0, 0.1) is 0 Å². The topological polar surface area (TPSA) is 50.7 Å². The summed E-state index contributed by atoms with van der Waals surface area (Å²) in [6.45, 7) is 0. The van der Waals surface area contributed by atoms with Crippen molar-refractivity contribution in [3.8, 4) is 0 Å². The molecule has 0 fully saturated rings. The van der Waals surface area contributed by atoms with Crippen LogP contribution in [0.25, 0.3) is 10.8 Å². The number of hydrogen-bond donors (Lipinski definition) is 1. The lowest BCUT2D eigenvalue weighted by molar-refractivity contribution is 0.177. The van der Waals surface area contributed by atoms with Gasteiger partial charge in [0.2, 0.25) is 0 Å². The molecule has 0 aromatic heterocycles. The Bertz CT molecular complexity index is 682. The van der Waals surface area contributed by atoms with E-state index >= 15 is 0 Å². The third kappa shape index (κ3) is 2.29. The Labute approximate surface area is 114 Å². The molecule has 4 nitrogen and oxygen atoms in total. The fourth-order valence-electron chi connectivity index (χ4n) is 2.02. The van der Waals surface area contributed by atoms with Gasteiger partial charge in [-0.05, 0) is 16.8 Å². The number of alkyl carbamates (subject to hydrolysis) is 1. The monoisotopic (exact) mass is 272 g/mol. The summed E-state index contributed by atoms with van der Waals surface area (Å²) < 4.78 is 4.57. The molecule has 1 aliphatic rings. The Morgan fingerprint density at radius 3 is 3.00 bits per heavy atom. The minimum atomic E-state index is -0.483. The van der Waals surface area contributed by atoms with Crippen LogP contribution in [0.5, 0.6) is 0 Å². The number of aliphatic imine (C=N–C) groups is 1. The van der Waals surface area contributed by atoms with Crippen molar-refractivity contribution in [3.05, 3.63) is 36.4 Å². The molecule has 0 saturated heterocycles. The molecule has 0 spiro atoms. The second kappa shape index (κ2) is 4.93. The van der Waals surface area contributed by atoms with Crippen molar-refractivity contribution in [2.24, 2.45) is 4.99 Å². The van der Waals surface area contributed by atoms with E-state index in [9.17, 15) is 4.79 Å². The van der Waals surface area contributed by atoms with E-state index < -0.39 is 6.09 Å². The van der Waals surface area contributed by atoms with E-state index in [0.717, 1.165) is 10.6 Å². The van der Waals surface area contributed by atoms with Crippen LogP contribution in [0.1, 0.15) is 0 Å². The number of amides is 1. The molecule has 19 heavy (non-hydrogen) atoms. The zero-order valence-electron chi connectivity index (χ0n) is 10.3. The predicted octanol–water partition coefficient (Wildman–Crippen LogP) is 3.33. The summed E-state index contributed by atoms with van der Waals surface area (Å²) in [6, 6.07) is 12.2. The van der Waals surface area contributed by atoms with Crippen LogP contribution in [0.3, 0.4) is 0 Å². The summed E-state index contributed by atoms with van der Waals surface area (Å²) in [7, 11) is 1.34. The van der Waals surface area contributed by atoms with Crippen molar-refractivity contribution in [2.75, 3.05) is 12.9 Å². The lowest BCUT2D eigenvalue weighted by atomic mass is 10.1. The van der Waals surface area contributed by atoms with Crippen molar-refractivity contribution in [3.63, 3.8) is 0 Å². The SMILES string of the molecule is COC(=O)NC1=Nc2ccc3ccccc3c2SC1. The van der Waals surface area contributed by atoms with Gasteiger partial charge in [-0.3, -0.25) is 5.32 Å². The highest BCUT2D eigenvalue weighted by Gasteiger charge is 2.16. The largest absolute Gasteiger partial charge is 0.453 e. The molecule has 1 aliphatic heterocycles. The fourth-order valence-corrected chi connectivity index (χ4v) is 3.04. The number of thioether (sulfide) groups is 1. The molecule has 96 valence electrons. The first kappa shape index (κ1) is 12.0. The van der Waals surface area contributed by atoms with Crippen molar-refractivity contribution in [1.82, 2.24) is 5.32 Å². The van der Waals surface area contributed by atoms with E-state index in [-0.39, 0.29) is 0 Å². The Morgan fingerprint density at radius 2 is 2.16 bits per heavy atom. The van der Waals surface area contributed by atoms with Gasteiger partial charge in [0.05, 0.1) is 18.6 Å².